The summed E-state index contributed by atoms with van der Waals surface area (Å²) in [6.45, 7) is 0.100. The molecule has 1 N–H and O–H groups in total. The van der Waals surface area contributed by atoms with E-state index in [0.717, 1.165) is 11.0 Å². The van der Waals surface area contributed by atoms with Crippen molar-refractivity contribution < 1.29 is 27.4 Å². The third kappa shape index (κ3) is 2.65. The van der Waals surface area contributed by atoms with Crippen LogP contribution >= 0.6 is 11.6 Å². The van der Waals surface area contributed by atoms with E-state index < -0.39 is 41.3 Å². The second-order valence-corrected chi connectivity index (χ2v) is 5.76. The number of hydrogen-bond donors (Lipinski definition) is 1. The van der Waals surface area contributed by atoms with Gasteiger partial charge in [0.1, 0.15) is 17.8 Å². The summed E-state index contributed by atoms with van der Waals surface area (Å²) in [5.74, 6) is -1.03. The molecule has 2 aliphatic rings. The smallest absolute Gasteiger partial charge is 0.427 e. The molecule has 1 unspecified atom stereocenters. The van der Waals surface area contributed by atoms with Crippen molar-refractivity contribution >= 4 is 23.3 Å². The van der Waals surface area contributed by atoms with Gasteiger partial charge in [0.25, 0.3) is 6.02 Å². The first-order valence-corrected chi connectivity index (χ1v) is 7.26. The van der Waals surface area contributed by atoms with Crippen LogP contribution in [0.3, 0.4) is 0 Å². The summed E-state index contributed by atoms with van der Waals surface area (Å²) in [7, 11) is 0. The van der Waals surface area contributed by atoms with Crippen molar-refractivity contribution in [3.05, 3.63) is 28.5 Å². The van der Waals surface area contributed by atoms with Gasteiger partial charge in [-0.3, -0.25) is 0 Å². The number of fused-ring (bicyclic) bond motifs is 1. The molecule has 1 aromatic carbocycles. The van der Waals surface area contributed by atoms with Gasteiger partial charge in [0.2, 0.25) is 6.10 Å². The van der Waals surface area contributed by atoms with E-state index in [2.05, 4.69) is 4.99 Å². The average Bonchev–Trinajstić information content (AvgIpc) is 3.06. The average molecular weight is 364 g/mol. The van der Waals surface area contributed by atoms with Gasteiger partial charge in [-0.15, -0.1) is 0 Å². The molecule has 2 heterocycles. The first-order chi connectivity index (χ1) is 11.2. The Morgan fingerprint density at radius 2 is 2.12 bits per heavy atom. The zero-order chi connectivity index (χ0) is 17.6. The van der Waals surface area contributed by atoms with Gasteiger partial charge in [-0.05, 0) is 18.6 Å². The molecule has 3 atom stereocenters. The van der Waals surface area contributed by atoms with Gasteiger partial charge in [-0.2, -0.15) is 23.4 Å². The SMILES string of the molecule is N#Cc1ccc(N=C2O[C@@H](C(F)(F)F)[C@@H]3C(O)CCN23)c(F)c1Cl. The molecule has 0 bridgehead atoms. The quantitative estimate of drug-likeness (QED) is 0.779. The molecule has 2 fully saturated rings. The normalized spacial score (nSPS) is 28.0. The van der Waals surface area contributed by atoms with Gasteiger partial charge in [-0.1, -0.05) is 11.6 Å². The molecule has 2 aliphatic heterocycles. The number of aliphatic hydroxyl groups is 1. The molecule has 3 rings (SSSR count). The van der Waals surface area contributed by atoms with Crippen LogP contribution in [0.2, 0.25) is 5.02 Å². The Morgan fingerprint density at radius 3 is 2.75 bits per heavy atom. The molecule has 1 aromatic rings. The van der Waals surface area contributed by atoms with Crippen molar-refractivity contribution in [3.8, 4) is 6.07 Å². The van der Waals surface area contributed by atoms with Crippen molar-refractivity contribution in [2.45, 2.75) is 30.8 Å². The molecule has 128 valence electrons. The molecule has 0 amide bonds. The van der Waals surface area contributed by atoms with Crippen LogP contribution in [0.1, 0.15) is 12.0 Å². The molecule has 24 heavy (non-hydrogen) atoms. The Bertz CT molecular complexity index is 747. The Balaban J connectivity index is 2.00. The maximum Gasteiger partial charge on any atom is 0.427 e. The lowest BCUT2D eigenvalue weighted by molar-refractivity contribution is -0.203. The van der Waals surface area contributed by atoms with Gasteiger partial charge < -0.3 is 14.7 Å². The van der Waals surface area contributed by atoms with Crippen molar-refractivity contribution in [2.75, 3.05) is 6.54 Å². The van der Waals surface area contributed by atoms with Gasteiger partial charge in [-0.25, -0.2) is 4.39 Å². The van der Waals surface area contributed by atoms with Gasteiger partial charge in [0, 0.05) is 6.54 Å². The summed E-state index contributed by atoms with van der Waals surface area (Å²) in [5.41, 5.74) is -0.468. The summed E-state index contributed by atoms with van der Waals surface area (Å²) in [6, 6.07) is 2.26. The van der Waals surface area contributed by atoms with Crippen LogP contribution in [-0.2, 0) is 4.74 Å². The predicted molar refractivity (Wildman–Crippen MR) is 75.3 cm³/mol. The Morgan fingerprint density at radius 1 is 1.42 bits per heavy atom. The van der Waals surface area contributed by atoms with E-state index in [0.29, 0.717) is 0 Å². The first kappa shape index (κ1) is 16.8. The van der Waals surface area contributed by atoms with E-state index in [1.165, 1.54) is 6.07 Å². The molecule has 0 radical (unpaired) electrons. The third-order valence-electron chi connectivity index (χ3n) is 3.93. The second kappa shape index (κ2) is 5.79. The standard InChI is InChI=1S/C14H10ClF4N3O2/c15-9-6(5-20)1-2-7(10(9)16)21-13-22-4-3-8(23)11(22)12(24-13)14(17,18)19/h1-2,8,11-12,23H,3-4H2/t8?,11-,12+/m0/s1. The number of alkyl halides is 3. The number of hydrogen-bond acceptors (Lipinski definition) is 4. The van der Waals surface area contributed by atoms with E-state index in [1.54, 1.807) is 6.07 Å². The molecular formula is C14H10ClF4N3O2. The number of benzene rings is 1. The molecule has 5 nitrogen and oxygen atoms in total. The molecular weight excluding hydrogens is 354 g/mol. The number of aliphatic imine (C=N–C) groups is 1. The molecule has 0 aliphatic carbocycles. The largest absolute Gasteiger partial charge is 0.450 e. The maximum atomic E-state index is 14.1. The van der Waals surface area contributed by atoms with Crippen LogP contribution in [0.15, 0.2) is 17.1 Å². The zero-order valence-electron chi connectivity index (χ0n) is 11.9. The van der Waals surface area contributed by atoms with E-state index in [-0.39, 0.29) is 24.2 Å². The highest BCUT2D eigenvalue weighted by atomic mass is 35.5. The minimum atomic E-state index is -4.70. The fourth-order valence-corrected chi connectivity index (χ4v) is 3.01. The lowest BCUT2D eigenvalue weighted by Gasteiger charge is -2.21. The first-order valence-electron chi connectivity index (χ1n) is 6.89. The Kier molecular flexibility index (Phi) is 4.05. The van der Waals surface area contributed by atoms with Crippen molar-refractivity contribution in [2.24, 2.45) is 4.99 Å². The van der Waals surface area contributed by atoms with Crippen LogP contribution in [0.25, 0.3) is 0 Å². The van der Waals surface area contributed by atoms with Crippen molar-refractivity contribution in [1.29, 1.82) is 5.26 Å². The number of ether oxygens (including phenoxy) is 1. The summed E-state index contributed by atoms with van der Waals surface area (Å²) in [4.78, 5) is 4.94. The molecule has 0 spiro atoms. The highest BCUT2D eigenvalue weighted by Gasteiger charge is 2.59. The molecule has 10 heteroatoms. The van der Waals surface area contributed by atoms with E-state index in [9.17, 15) is 22.7 Å². The lowest BCUT2D eigenvalue weighted by atomic mass is 10.1. The number of aliphatic hydroxyl groups excluding tert-OH is 1. The summed E-state index contributed by atoms with van der Waals surface area (Å²) < 4.78 is 58.2. The fourth-order valence-electron chi connectivity index (χ4n) is 2.80. The summed E-state index contributed by atoms with van der Waals surface area (Å²) in [6.07, 6.45) is -8.05. The van der Waals surface area contributed by atoms with Crippen molar-refractivity contribution in [1.82, 2.24) is 4.90 Å². The van der Waals surface area contributed by atoms with Crippen LogP contribution in [0, 0.1) is 17.1 Å². The number of nitriles is 1. The third-order valence-corrected chi connectivity index (χ3v) is 4.30. The minimum absolute atomic E-state index is 0.100. The van der Waals surface area contributed by atoms with Crippen LogP contribution in [-0.4, -0.2) is 47.0 Å². The van der Waals surface area contributed by atoms with E-state index in [1.807, 2.05) is 0 Å². The summed E-state index contributed by atoms with van der Waals surface area (Å²) in [5, 5.41) is 18.1. The molecule has 0 aromatic heterocycles. The topological polar surface area (TPSA) is 68.8 Å². The van der Waals surface area contributed by atoms with Crippen molar-refractivity contribution in [3.63, 3.8) is 0 Å². The zero-order valence-corrected chi connectivity index (χ0v) is 12.6. The van der Waals surface area contributed by atoms with Gasteiger partial charge in [0.15, 0.2) is 5.82 Å². The Hall–Kier alpha value is -2.05. The Labute approximate surface area is 138 Å². The molecule has 0 saturated carbocycles. The number of rotatable bonds is 1. The second-order valence-electron chi connectivity index (χ2n) is 5.39. The lowest BCUT2D eigenvalue weighted by Crippen LogP contribution is -2.45. The predicted octanol–water partition coefficient (Wildman–Crippen LogP) is 2.73. The van der Waals surface area contributed by atoms with E-state index >= 15 is 0 Å². The van der Waals surface area contributed by atoms with Gasteiger partial charge in [0.05, 0.1) is 16.7 Å². The van der Waals surface area contributed by atoms with E-state index in [4.69, 9.17) is 21.6 Å². The molecule has 2 saturated heterocycles. The fraction of sp³-hybridized carbons (Fsp3) is 0.429. The van der Waals surface area contributed by atoms with Gasteiger partial charge >= 0.3 is 6.18 Å². The highest BCUT2D eigenvalue weighted by molar-refractivity contribution is 6.32. The van der Waals surface area contributed by atoms with Crippen LogP contribution < -0.4 is 0 Å². The minimum Gasteiger partial charge on any atom is -0.450 e. The van der Waals surface area contributed by atoms with Crippen LogP contribution in [0.4, 0.5) is 23.2 Å². The number of halogens is 5. The maximum absolute atomic E-state index is 14.1. The summed E-state index contributed by atoms with van der Waals surface area (Å²) >= 11 is 5.68. The van der Waals surface area contributed by atoms with Crippen LogP contribution in [0.5, 0.6) is 0 Å². The number of amidine groups is 1. The monoisotopic (exact) mass is 363 g/mol. The number of nitrogens with zero attached hydrogens (tertiary/aromatic N) is 3. The highest BCUT2D eigenvalue weighted by Crippen LogP contribution is 2.39.